The molecule has 3 heterocycles. The third kappa shape index (κ3) is 2.54. The lowest BCUT2D eigenvalue weighted by Gasteiger charge is -2.38. The van der Waals surface area contributed by atoms with E-state index in [1.165, 1.54) is 0 Å². The molecule has 3 atom stereocenters. The Morgan fingerprint density at radius 3 is 2.32 bits per heavy atom. The number of nitrogens with zero attached hydrogens (tertiary/aromatic N) is 2. The number of hydrogen-bond acceptors (Lipinski definition) is 3. The summed E-state index contributed by atoms with van der Waals surface area (Å²) in [6, 6.07) is -0.00819. The largest absolute Gasteiger partial charge is 0.481 e. The molecule has 2 amide bonds. The third-order valence-corrected chi connectivity index (χ3v) is 4.36. The van der Waals surface area contributed by atoms with Crippen molar-refractivity contribution in [1.29, 1.82) is 0 Å². The van der Waals surface area contributed by atoms with Crippen LogP contribution in [0.3, 0.4) is 0 Å². The SMILES string of the molecule is O=C(O)[C@H]1CCCN(C(=O)N2CC3CCC(C2)O3)C1. The van der Waals surface area contributed by atoms with Gasteiger partial charge >= 0.3 is 12.0 Å². The molecule has 19 heavy (non-hydrogen) atoms. The van der Waals surface area contributed by atoms with E-state index in [0.717, 1.165) is 19.3 Å². The summed E-state index contributed by atoms with van der Waals surface area (Å²) < 4.78 is 5.72. The topological polar surface area (TPSA) is 70.1 Å². The Morgan fingerprint density at radius 2 is 1.68 bits per heavy atom. The summed E-state index contributed by atoms with van der Waals surface area (Å²) in [5.41, 5.74) is 0. The Morgan fingerprint density at radius 1 is 1.00 bits per heavy atom. The predicted octanol–water partition coefficient (Wildman–Crippen LogP) is 0.766. The van der Waals surface area contributed by atoms with Crippen molar-refractivity contribution >= 4 is 12.0 Å². The number of likely N-dealkylation sites (tertiary alicyclic amines) is 2. The van der Waals surface area contributed by atoms with E-state index in [-0.39, 0.29) is 18.2 Å². The van der Waals surface area contributed by atoms with E-state index in [0.29, 0.717) is 32.6 Å². The van der Waals surface area contributed by atoms with E-state index in [1.54, 1.807) is 4.90 Å². The van der Waals surface area contributed by atoms with Crippen molar-refractivity contribution in [3.05, 3.63) is 0 Å². The number of carbonyl (C=O) groups is 2. The molecule has 0 saturated carbocycles. The standard InChI is InChI=1S/C13H20N2O4/c16-12(17)9-2-1-5-14(6-9)13(18)15-7-10-3-4-11(8-15)19-10/h9-11H,1-8H2,(H,16,17)/t9-,10?,11?/m0/s1. The van der Waals surface area contributed by atoms with Crippen molar-refractivity contribution in [2.75, 3.05) is 26.2 Å². The first-order valence-corrected chi connectivity index (χ1v) is 7.05. The first kappa shape index (κ1) is 12.7. The molecule has 3 fully saturated rings. The van der Waals surface area contributed by atoms with Gasteiger partial charge in [-0.15, -0.1) is 0 Å². The van der Waals surface area contributed by atoms with Crippen LogP contribution in [0.4, 0.5) is 4.79 Å². The summed E-state index contributed by atoms with van der Waals surface area (Å²) in [4.78, 5) is 27.0. The zero-order valence-corrected chi connectivity index (χ0v) is 11.0. The number of morpholine rings is 1. The van der Waals surface area contributed by atoms with Crippen LogP contribution in [-0.2, 0) is 9.53 Å². The maximum absolute atomic E-state index is 12.4. The molecular weight excluding hydrogens is 248 g/mol. The van der Waals surface area contributed by atoms with Crippen LogP contribution < -0.4 is 0 Å². The van der Waals surface area contributed by atoms with E-state index >= 15 is 0 Å². The van der Waals surface area contributed by atoms with E-state index < -0.39 is 11.9 Å². The van der Waals surface area contributed by atoms with Gasteiger partial charge in [0.25, 0.3) is 0 Å². The van der Waals surface area contributed by atoms with Crippen LogP contribution in [0.25, 0.3) is 0 Å². The van der Waals surface area contributed by atoms with Gasteiger partial charge in [0.15, 0.2) is 0 Å². The number of ether oxygens (including phenoxy) is 1. The van der Waals surface area contributed by atoms with Crippen molar-refractivity contribution < 1.29 is 19.4 Å². The van der Waals surface area contributed by atoms with Crippen molar-refractivity contribution in [2.45, 2.75) is 37.9 Å². The van der Waals surface area contributed by atoms with Gasteiger partial charge < -0.3 is 19.6 Å². The molecular formula is C13H20N2O4. The molecule has 0 spiro atoms. The molecule has 0 aromatic carbocycles. The van der Waals surface area contributed by atoms with Gasteiger partial charge in [-0.25, -0.2) is 4.79 Å². The number of rotatable bonds is 1. The number of amides is 2. The molecule has 2 bridgehead atoms. The third-order valence-electron chi connectivity index (χ3n) is 4.36. The highest BCUT2D eigenvalue weighted by molar-refractivity contribution is 5.77. The fourth-order valence-corrected chi connectivity index (χ4v) is 3.32. The maximum Gasteiger partial charge on any atom is 0.320 e. The van der Waals surface area contributed by atoms with E-state index in [9.17, 15) is 9.59 Å². The Balaban J connectivity index is 1.62. The van der Waals surface area contributed by atoms with Gasteiger partial charge in [0.05, 0.1) is 18.1 Å². The second-order valence-corrected chi connectivity index (χ2v) is 5.77. The highest BCUT2D eigenvalue weighted by Crippen LogP contribution is 2.27. The average molecular weight is 268 g/mol. The van der Waals surface area contributed by atoms with Crippen LogP contribution in [0.2, 0.25) is 0 Å². The van der Waals surface area contributed by atoms with Gasteiger partial charge in [-0.2, -0.15) is 0 Å². The van der Waals surface area contributed by atoms with Crippen LogP contribution >= 0.6 is 0 Å². The normalized spacial score (nSPS) is 34.4. The van der Waals surface area contributed by atoms with Crippen LogP contribution in [-0.4, -0.2) is 65.3 Å². The van der Waals surface area contributed by atoms with Gasteiger partial charge in [-0.05, 0) is 25.7 Å². The summed E-state index contributed by atoms with van der Waals surface area (Å²) in [6.45, 7) is 2.34. The number of aliphatic carboxylic acids is 1. The molecule has 3 aliphatic rings. The highest BCUT2D eigenvalue weighted by Gasteiger charge is 2.38. The van der Waals surface area contributed by atoms with Crippen LogP contribution in [0.1, 0.15) is 25.7 Å². The molecule has 3 saturated heterocycles. The van der Waals surface area contributed by atoms with E-state index in [4.69, 9.17) is 9.84 Å². The predicted molar refractivity (Wildman–Crippen MR) is 66.8 cm³/mol. The number of carboxylic acids is 1. The van der Waals surface area contributed by atoms with Crippen LogP contribution in [0.15, 0.2) is 0 Å². The molecule has 0 radical (unpaired) electrons. The summed E-state index contributed by atoms with van der Waals surface area (Å²) in [6.07, 6.45) is 3.89. The summed E-state index contributed by atoms with van der Waals surface area (Å²) in [7, 11) is 0. The summed E-state index contributed by atoms with van der Waals surface area (Å²) in [5, 5.41) is 9.07. The Kier molecular flexibility index (Phi) is 3.35. The molecule has 0 aromatic rings. The fraction of sp³-hybridized carbons (Fsp3) is 0.846. The molecule has 6 nitrogen and oxygen atoms in total. The van der Waals surface area contributed by atoms with E-state index in [2.05, 4.69) is 0 Å². The molecule has 0 aliphatic carbocycles. The number of urea groups is 1. The molecule has 1 N–H and O–H groups in total. The van der Waals surface area contributed by atoms with Crippen molar-refractivity contribution in [2.24, 2.45) is 5.92 Å². The van der Waals surface area contributed by atoms with Gasteiger partial charge in [0.2, 0.25) is 0 Å². The summed E-state index contributed by atoms with van der Waals surface area (Å²) >= 11 is 0. The van der Waals surface area contributed by atoms with Gasteiger partial charge in [0, 0.05) is 26.2 Å². The summed E-state index contributed by atoms with van der Waals surface area (Å²) in [5.74, 6) is -1.20. The monoisotopic (exact) mass is 268 g/mol. The first-order valence-electron chi connectivity index (χ1n) is 7.05. The maximum atomic E-state index is 12.4. The minimum absolute atomic E-state index is 0.00819. The quantitative estimate of drug-likeness (QED) is 0.762. The molecule has 3 rings (SSSR count). The second kappa shape index (κ2) is 5.00. The zero-order chi connectivity index (χ0) is 13.4. The van der Waals surface area contributed by atoms with Gasteiger partial charge in [-0.1, -0.05) is 0 Å². The molecule has 6 heteroatoms. The number of piperidine rings is 1. The highest BCUT2D eigenvalue weighted by atomic mass is 16.5. The Labute approximate surface area is 112 Å². The van der Waals surface area contributed by atoms with Crippen LogP contribution in [0, 0.1) is 5.92 Å². The Bertz CT molecular complexity index is 375. The molecule has 106 valence electrons. The number of carboxylic acid groups (broad SMARTS) is 1. The zero-order valence-electron chi connectivity index (χ0n) is 11.0. The smallest absolute Gasteiger partial charge is 0.320 e. The number of fused-ring (bicyclic) bond motifs is 2. The van der Waals surface area contributed by atoms with Gasteiger partial charge in [-0.3, -0.25) is 4.79 Å². The fourth-order valence-electron chi connectivity index (χ4n) is 3.32. The first-order chi connectivity index (χ1) is 9.13. The molecule has 0 aromatic heterocycles. The number of hydrogen-bond donors (Lipinski definition) is 1. The molecule has 3 aliphatic heterocycles. The van der Waals surface area contributed by atoms with E-state index in [1.807, 2.05) is 4.90 Å². The lowest BCUT2D eigenvalue weighted by atomic mass is 9.98. The van der Waals surface area contributed by atoms with Gasteiger partial charge in [0.1, 0.15) is 0 Å². The van der Waals surface area contributed by atoms with Crippen molar-refractivity contribution in [3.63, 3.8) is 0 Å². The lowest BCUT2D eigenvalue weighted by Crippen LogP contribution is -2.53. The lowest BCUT2D eigenvalue weighted by molar-refractivity contribution is -0.143. The molecule has 2 unspecified atom stereocenters. The van der Waals surface area contributed by atoms with Crippen LogP contribution in [0.5, 0.6) is 0 Å². The Hall–Kier alpha value is -1.30. The minimum Gasteiger partial charge on any atom is -0.481 e. The minimum atomic E-state index is -0.792. The number of carbonyl (C=O) groups excluding carboxylic acids is 1. The van der Waals surface area contributed by atoms with Crippen molar-refractivity contribution in [1.82, 2.24) is 9.80 Å². The average Bonchev–Trinajstić information content (AvgIpc) is 2.76. The van der Waals surface area contributed by atoms with Crippen molar-refractivity contribution in [3.8, 4) is 0 Å². The second-order valence-electron chi connectivity index (χ2n) is 5.77.